The molecule has 0 saturated carbocycles. The van der Waals surface area contributed by atoms with Crippen LogP contribution in [-0.2, 0) is 6.54 Å². The molecular weight excluding hydrogens is 281 g/mol. The number of nitriles is 1. The molecule has 22 heavy (non-hydrogen) atoms. The van der Waals surface area contributed by atoms with E-state index in [0.717, 1.165) is 5.69 Å². The molecule has 0 unspecified atom stereocenters. The van der Waals surface area contributed by atoms with Crippen molar-refractivity contribution < 1.29 is 9.18 Å². The van der Waals surface area contributed by atoms with Crippen molar-refractivity contribution in [3.8, 4) is 6.07 Å². The van der Waals surface area contributed by atoms with E-state index in [4.69, 9.17) is 5.26 Å². The number of benzene rings is 2. The first-order valence-corrected chi connectivity index (χ1v) is 6.75. The summed E-state index contributed by atoms with van der Waals surface area (Å²) in [7, 11) is 3.39. The lowest BCUT2D eigenvalue weighted by atomic mass is 10.1. The Hall–Kier alpha value is -2.87. The molecule has 2 aromatic carbocycles. The van der Waals surface area contributed by atoms with Crippen LogP contribution in [0.2, 0.25) is 0 Å². The summed E-state index contributed by atoms with van der Waals surface area (Å²) in [5.74, 6) is -0.476. The van der Waals surface area contributed by atoms with Gasteiger partial charge in [-0.05, 0) is 36.4 Å². The lowest BCUT2D eigenvalue weighted by Crippen LogP contribution is -2.21. The van der Waals surface area contributed by atoms with Gasteiger partial charge < -0.3 is 10.2 Å². The van der Waals surface area contributed by atoms with Crippen LogP contribution in [0.25, 0.3) is 0 Å². The van der Waals surface area contributed by atoms with Crippen LogP contribution >= 0.6 is 0 Å². The van der Waals surface area contributed by atoms with E-state index in [1.165, 1.54) is 11.0 Å². The summed E-state index contributed by atoms with van der Waals surface area (Å²) in [6, 6.07) is 13.3. The highest BCUT2D eigenvalue weighted by molar-refractivity contribution is 5.94. The van der Waals surface area contributed by atoms with Crippen molar-refractivity contribution in [2.45, 2.75) is 6.54 Å². The van der Waals surface area contributed by atoms with Crippen LogP contribution in [0.3, 0.4) is 0 Å². The van der Waals surface area contributed by atoms with Crippen molar-refractivity contribution in [3.63, 3.8) is 0 Å². The molecule has 0 atom stereocenters. The molecule has 5 heteroatoms. The zero-order chi connectivity index (χ0) is 16.1. The molecule has 0 heterocycles. The van der Waals surface area contributed by atoms with E-state index in [1.807, 2.05) is 6.07 Å². The number of nitrogens with zero attached hydrogens (tertiary/aromatic N) is 2. The minimum atomic E-state index is -0.411. The highest BCUT2D eigenvalue weighted by atomic mass is 19.1. The minimum absolute atomic E-state index is 0.0651. The van der Waals surface area contributed by atoms with Crippen molar-refractivity contribution in [1.29, 1.82) is 5.26 Å². The molecule has 0 bridgehead atoms. The lowest BCUT2D eigenvalue weighted by Gasteiger charge is -2.11. The first kappa shape index (κ1) is 15.5. The zero-order valence-electron chi connectivity index (χ0n) is 12.4. The molecule has 4 nitrogen and oxygen atoms in total. The van der Waals surface area contributed by atoms with E-state index in [1.54, 1.807) is 50.5 Å². The van der Waals surface area contributed by atoms with Crippen LogP contribution in [0.1, 0.15) is 21.5 Å². The van der Waals surface area contributed by atoms with Gasteiger partial charge in [-0.2, -0.15) is 5.26 Å². The lowest BCUT2D eigenvalue weighted by molar-refractivity contribution is 0.0827. The summed E-state index contributed by atoms with van der Waals surface area (Å²) in [6.07, 6.45) is 0. The molecule has 0 radical (unpaired) electrons. The summed E-state index contributed by atoms with van der Waals surface area (Å²) in [5, 5.41) is 11.8. The van der Waals surface area contributed by atoms with Gasteiger partial charge in [0.15, 0.2) is 0 Å². The van der Waals surface area contributed by atoms with Gasteiger partial charge >= 0.3 is 0 Å². The van der Waals surface area contributed by atoms with E-state index < -0.39 is 5.82 Å². The number of amides is 1. The molecule has 0 fully saturated rings. The highest BCUT2D eigenvalue weighted by Crippen LogP contribution is 2.15. The van der Waals surface area contributed by atoms with Gasteiger partial charge in [0.2, 0.25) is 0 Å². The Bertz CT molecular complexity index is 718. The second kappa shape index (κ2) is 6.72. The molecular formula is C17H16FN3O. The van der Waals surface area contributed by atoms with E-state index >= 15 is 0 Å². The fraction of sp³-hybridized carbons (Fsp3) is 0.176. The van der Waals surface area contributed by atoms with Crippen LogP contribution < -0.4 is 5.32 Å². The number of halogens is 1. The van der Waals surface area contributed by atoms with Crippen LogP contribution in [-0.4, -0.2) is 24.9 Å². The molecule has 1 amide bonds. The number of carbonyl (C=O) groups excluding carboxylic acids is 1. The Morgan fingerprint density at radius 2 is 1.91 bits per heavy atom. The number of nitrogens with one attached hydrogen (secondary N) is 1. The average Bonchev–Trinajstić information content (AvgIpc) is 2.53. The molecule has 112 valence electrons. The van der Waals surface area contributed by atoms with Crippen molar-refractivity contribution in [2.75, 3.05) is 19.4 Å². The Labute approximate surface area is 128 Å². The SMILES string of the molecule is CN(C)C(=O)c1ccc(NCc2ccc(C#N)cc2F)cc1. The largest absolute Gasteiger partial charge is 0.381 e. The molecule has 0 aromatic heterocycles. The average molecular weight is 297 g/mol. The molecule has 0 aliphatic rings. The number of hydrogen-bond donors (Lipinski definition) is 1. The fourth-order valence-corrected chi connectivity index (χ4v) is 1.95. The molecule has 2 rings (SSSR count). The van der Waals surface area contributed by atoms with Crippen LogP contribution in [0.5, 0.6) is 0 Å². The first-order valence-electron chi connectivity index (χ1n) is 6.75. The maximum absolute atomic E-state index is 13.8. The molecule has 0 aliphatic heterocycles. The molecule has 2 aromatic rings. The van der Waals surface area contributed by atoms with Gasteiger partial charge in [0.25, 0.3) is 5.91 Å². The van der Waals surface area contributed by atoms with Crippen LogP contribution in [0.15, 0.2) is 42.5 Å². The molecule has 0 saturated heterocycles. The topological polar surface area (TPSA) is 56.1 Å². The summed E-state index contributed by atoms with van der Waals surface area (Å²) >= 11 is 0. The molecule has 0 spiro atoms. The van der Waals surface area contributed by atoms with E-state index in [2.05, 4.69) is 5.32 Å². The van der Waals surface area contributed by atoms with E-state index in [0.29, 0.717) is 23.2 Å². The smallest absolute Gasteiger partial charge is 0.253 e. The quantitative estimate of drug-likeness (QED) is 0.943. The minimum Gasteiger partial charge on any atom is -0.381 e. The van der Waals surface area contributed by atoms with Crippen LogP contribution in [0, 0.1) is 17.1 Å². The Kier molecular flexibility index (Phi) is 4.74. The summed E-state index contributed by atoms with van der Waals surface area (Å²) < 4.78 is 13.8. The van der Waals surface area contributed by atoms with Gasteiger partial charge in [-0.3, -0.25) is 4.79 Å². The maximum Gasteiger partial charge on any atom is 0.253 e. The van der Waals surface area contributed by atoms with Gasteiger partial charge in [0.05, 0.1) is 11.6 Å². The Morgan fingerprint density at radius 1 is 1.23 bits per heavy atom. The molecule has 0 aliphatic carbocycles. The van der Waals surface area contributed by atoms with E-state index in [9.17, 15) is 9.18 Å². The van der Waals surface area contributed by atoms with Crippen LogP contribution in [0.4, 0.5) is 10.1 Å². The Balaban J connectivity index is 2.03. The highest BCUT2D eigenvalue weighted by Gasteiger charge is 2.07. The summed E-state index contributed by atoms with van der Waals surface area (Å²) in [5.41, 5.74) is 2.17. The standard InChI is InChI=1S/C17H16FN3O/c1-21(2)17(22)13-5-7-15(8-6-13)20-11-14-4-3-12(10-19)9-16(14)18/h3-9,20H,11H2,1-2H3. The first-order chi connectivity index (χ1) is 10.5. The summed E-state index contributed by atoms with van der Waals surface area (Å²) in [4.78, 5) is 13.3. The van der Waals surface area contributed by atoms with E-state index in [-0.39, 0.29) is 5.91 Å². The van der Waals surface area contributed by atoms with Gasteiger partial charge in [0, 0.05) is 37.5 Å². The number of hydrogen-bond acceptors (Lipinski definition) is 3. The predicted octanol–water partition coefficient (Wildman–Crippen LogP) is 3.01. The summed E-state index contributed by atoms with van der Waals surface area (Å²) in [6.45, 7) is 0.304. The second-order valence-electron chi connectivity index (χ2n) is 5.05. The third kappa shape index (κ3) is 3.61. The van der Waals surface area contributed by atoms with Crippen molar-refractivity contribution >= 4 is 11.6 Å². The number of rotatable bonds is 4. The van der Waals surface area contributed by atoms with Gasteiger partial charge in [-0.1, -0.05) is 6.07 Å². The zero-order valence-corrected chi connectivity index (χ0v) is 12.4. The van der Waals surface area contributed by atoms with Gasteiger partial charge in [0.1, 0.15) is 5.82 Å². The van der Waals surface area contributed by atoms with Crippen molar-refractivity contribution in [1.82, 2.24) is 4.90 Å². The van der Waals surface area contributed by atoms with Gasteiger partial charge in [-0.15, -0.1) is 0 Å². The predicted molar refractivity (Wildman–Crippen MR) is 82.9 cm³/mol. The fourth-order valence-electron chi connectivity index (χ4n) is 1.95. The normalized spacial score (nSPS) is 9.91. The van der Waals surface area contributed by atoms with Gasteiger partial charge in [-0.25, -0.2) is 4.39 Å². The second-order valence-corrected chi connectivity index (χ2v) is 5.05. The van der Waals surface area contributed by atoms with Crippen molar-refractivity contribution in [2.24, 2.45) is 0 Å². The number of anilines is 1. The molecule has 1 N–H and O–H groups in total. The maximum atomic E-state index is 13.8. The number of carbonyl (C=O) groups is 1. The Morgan fingerprint density at radius 3 is 2.45 bits per heavy atom. The third-order valence-corrected chi connectivity index (χ3v) is 3.20. The third-order valence-electron chi connectivity index (χ3n) is 3.20. The monoisotopic (exact) mass is 297 g/mol. The van der Waals surface area contributed by atoms with Crippen molar-refractivity contribution in [3.05, 3.63) is 65.0 Å².